The minimum absolute atomic E-state index is 0.133. The van der Waals surface area contributed by atoms with E-state index >= 15 is 0 Å². The lowest BCUT2D eigenvalue weighted by atomic mass is 10.1. The van der Waals surface area contributed by atoms with Crippen molar-refractivity contribution in [2.24, 2.45) is 0 Å². The standard InChI is InChI=1S/C24H21N3O4/c1-16-6-10-19(11-7-16)25-23(28)22(15-18-4-3-5-21(14-18)27(30)31)24(29)26-20-12-8-17(2)9-13-20/h3-15H,1-2H3,(H,25,28)(H,26,29). The van der Waals surface area contributed by atoms with E-state index in [1.807, 2.05) is 38.1 Å². The summed E-state index contributed by atoms with van der Waals surface area (Å²) in [5.74, 6) is -1.25. The van der Waals surface area contributed by atoms with E-state index in [1.165, 1.54) is 24.3 Å². The second kappa shape index (κ2) is 9.49. The molecule has 0 unspecified atom stereocenters. The molecule has 3 aromatic carbocycles. The molecule has 2 amide bonds. The lowest BCUT2D eigenvalue weighted by molar-refractivity contribution is -0.384. The molecule has 156 valence electrons. The van der Waals surface area contributed by atoms with Gasteiger partial charge in [-0.15, -0.1) is 0 Å². The Kier molecular flexibility index (Phi) is 6.57. The number of carbonyl (C=O) groups is 2. The van der Waals surface area contributed by atoms with Crippen LogP contribution in [0.1, 0.15) is 16.7 Å². The molecular formula is C24H21N3O4. The molecule has 31 heavy (non-hydrogen) atoms. The molecule has 0 heterocycles. The van der Waals surface area contributed by atoms with E-state index in [-0.39, 0.29) is 11.3 Å². The number of aryl methyl sites for hydroxylation is 2. The summed E-state index contributed by atoms with van der Waals surface area (Å²) in [4.78, 5) is 36.4. The first kappa shape index (κ1) is 21.4. The number of nitrogens with zero attached hydrogens (tertiary/aromatic N) is 1. The third kappa shape index (κ3) is 5.86. The number of hydrogen-bond donors (Lipinski definition) is 2. The van der Waals surface area contributed by atoms with Crippen molar-refractivity contribution in [2.45, 2.75) is 13.8 Å². The maximum Gasteiger partial charge on any atom is 0.270 e. The van der Waals surface area contributed by atoms with Crippen LogP contribution in [-0.4, -0.2) is 16.7 Å². The van der Waals surface area contributed by atoms with Crippen molar-refractivity contribution in [3.05, 3.63) is 105 Å². The second-order valence-corrected chi connectivity index (χ2v) is 7.05. The van der Waals surface area contributed by atoms with Gasteiger partial charge in [0.25, 0.3) is 17.5 Å². The summed E-state index contributed by atoms with van der Waals surface area (Å²) in [6, 6.07) is 20.0. The Morgan fingerprint density at radius 3 is 1.74 bits per heavy atom. The second-order valence-electron chi connectivity index (χ2n) is 7.05. The highest BCUT2D eigenvalue weighted by molar-refractivity contribution is 6.28. The molecule has 0 aliphatic carbocycles. The van der Waals surface area contributed by atoms with Gasteiger partial charge < -0.3 is 10.6 Å². The topological polar surface area (TPSA) is 101 Å². The van der Waals surface area contributed by atoms with Gasteiger partial charge in [-0.1, -0.05) is 47.5 Å². The average molecular weight is 415 g/mol. The van der Waals surface area contributed by atoms with Crippen LogP contribution in [0.4, 0.5) is 17.1 Å². The van der Waals surface area contributed by atoms with Crippen molar-refractivity contribution in [2.75, 3.05) is 10.6 Å². The first-order valence-electron chi connectivity index (χ1n) is 9.54. The van der Waals surface area contributed by atoms with Crippen LogP contribution in [-0.2, 0) is 9.59 Å². The summed E-state index contributed by atoms with van der Waals surface area (Å²) in [5.41, 5.74) is 3.17. The Morgan fingerprint density at radius 2 is 1.29 bits per heavy atom. The van der Waals surface area contributed by atoms with Gasteiger partial charge in [-0.25, -0.2) is 0 Å². The van der Waals surface area contributed by atoms with E-state index in [9.17, 15) is 19.7 Å². The Labute approximate surface area is 179 Å². The predicted molar refractivity (Wildman–Crippen MR) is 121 cm³/mol. The van der Waals surface area contributed by atoms with Crippen molar-refractivity contribution in [3.63, 3.8) is 0 Å². The first-order valence-corrected chi connectivity index (χ1v) is 9.54. The van der Waals surface area contributed by atoms with Crippen LogP contribution in [0.15, 0.2) is 78.4 Å². The number of nitrogens with one attached hydrogen (secondary N) is 2. The molecule has 0 atom stereocenters. The molecule has 7 heteroatoms. The Morgan fingerprint density at radius 1 is 0.806 bits per heavy atom. The first-order chi connectivity index (χ1) is 14.8. The molecule has 0 fully saturated rings. The SMILES string of the molecule is Cc1ccc(NC(=O)C(=Cc2cccc([N+](=O)[O-])c2)C(=O)Nc2ccc(C)cc2)cc1. The van der Waals surface area contributed by atoms with Crippen LogP contribution >= 0.6 is 0 Å². The molecule has 0 aliphatic heterocycles. The summed E-state index contributed by atoms with van der Waals surface area (Å²) in [5, 5.41) is 16.5. The van der Waals surface area contributed by atoms with Crippen molar-refractivity contribution in [3.8, 4) is 0 Å². The number of nitro groups is 1. The molecule has 0 aromatic heterocycles. The molecule has 7 nitrogen and oxygen atoms in total. The highest BCUT2D eigenvalue weighted by atomic mass is 16.6. The molecule has 2 N–H and O–H groups in total. The molecule has 0 bridgehead atoms. The van der Waals surface area contributed by atoms with E-state index in [1.54, 1.807) is 30.3 Å². The fraction of sp³-hybridized carbons (Fsp3) is 0.0833. The summed E-state index contributed by atoms with van der Waals surface area (Å²) >= 11 is 0. The summed E-state index contributed by atoms with van der Waals surface area (Å²) in [6.45, 7) is 3.85. The third-order valence-corrected chi connectivity index (χ3v) is 4.50. The van der Waals surface area contributed by atoms with Crippen molar-refractivity contribution in [1.82, 2.24) is 0 Å². The zero-order chi connectivity index (χ0) is 22.4. The van der Waals surface area contributed by atoms with Gasteiger partial charge in [-0.05, 0) is 49.8 Å². The summed E-state index contributed by atoms with van der Waals surface area (Å²) in [6.07, 6.45) is 1.33. The van der Waals surface area contributed by atoms with Gasteiger partial charge in [-0.3, -0.25) is 19.7 Å². The van der Waals surface area contributed by atoms with E-state index in [2.05, 4.69) is 10.6 Å². The number of amides is 2. The minimum atomic E-state index is -0.625. The van der Waals surface area contributed by atoms with Crippen molar-refractivity contribution < 1.29 is 14.5 Å². The zero-order valence-corrected chi connectivity index (χ0v) is 17.1. The van der Waals surface area contributed by atoms with Gasteiger partial charge in [-0.2, -0.15) is 0 Å². The highest BCUT2D eigenvalue weighted by Gasteiger charge is 2.19. The number of benzene rings is 3. The van der Waals surface area contributed by atoms with Gasteiger partial charge in [0.1, 0.15) is 5.57 Å². The van der Waals surface area contributed by atoms with Gasteiger partial charge in [0.15, 0.2) is 0 Å². The van der Waals surface area contributed by atoms with Crippen LogP contribution < -0.4 is 10.6 Å². The number of carbonyl (C=O) groups excluding carboxylic acids is 2. The number of non-ortho nitro benzene ring substituents is 1. The molecule has 3 aromatic rings. The molecule has 0 aliphatic rings. The molecule has 3 rings (SSSR count). The smallest absolute Gasteiger partial charge is 0.270 e. The van der Waals surface area contributed by atoms with Crippen LogP contribution in [0, 0.1) is 24.0 Å². The third-order valence-electron chi connectivity index (χ3n) is 4.50. The Balaban J connectivity index is 1.93. The minimum Gasteiger partial charge on any atom is -0.322 e. The number of rotatable bonds is 6. The van der Waals surface area contributed by atoms with Gasteiger partial charge in [0.05, 0.1) is 4.92 Å². The highest BCUT2D eigenvalue weighted by Crippen LogP contribution is 2.19. The predicted octanol–water partition coefficient (Wildman–Crippen LogP) is 4.87. The van der Waals surface area contributed by atoms with E-state index in [4.69, 9.17) is 0 Å². The van der Waals surface area contributed by atoms with Gasteiger partial charge in [0, 0.05) is 23.5 Å². The molecular weight excluding hydrogens is 394 g/mol. The molecule has 0 saturated heterocycles. The Hall–Kier alpha value is -4.26. The lowest BCUT2D eigenvalue weighted by Gasteiger charge is -2.11. The maximum absolute atomic E-state index is 12.9. The molecule has 0 spiro atoms. The van der Waals surface area contributed by atoms with E-state index < -0.39 is 16.7 Å². The van der Waals surface area contributed by atoms with Crippen LogP contribution in [0.25, 0.3) is 6.08 Å². The van der Waals surface area contributed by atoms with Crippen LogP contribution in [0.3, 0.4) is 0 Å². The summed E-state index contributed by atoms with van der Waals surface area (Å²) < 4.78 is 0. The van der Waals surface area contributed by atoms with Crippen molar-refractivity contribution >= 4 is 35.0 Å². The van der Waals surface area contributed by atoms with Crippen LogP contribution in [0.5, 0.6) is 0 Å². The number of hydrogen-bond acceptors (Lipinski definition) is 4. The largest absolute Gasteiger partial charge is 0.322 e. The number of anilines is 2. The van der Waals surface area contributed by atoms with Gasteiger partial charge >= 0.3 is 0 Å². The molecule has 0 saturated carbocycles. The van der Waals surface area contributed by atoms with E-state index in [0.717, 1.165) is 11.1 Å². The average Bonchev–Trinajstić information content (AvgIpc) is 2.75. The Bertz CT molecular complexity index is 1090. The zero-order valence-electron chi connectivity index (χ0n) is 17.1. The fourth-order valence-corrected chi connectivity index (χ4v) is 2.80. The quantitative estimate of drug-likeness (QED) is 0.197. The fourth-order valence-electron chi connectivity index (χ4n) is 2.80. The van der Waals surface area contributed by atoms with Crippen LogP contribution in [0.2, 0.25) is 0 Å². The lowest BCUT2D eigenvalue weighted by Crippen LogP contribution is -2.25. The van der Waals surface area contributed by atoms with E-state index in [0.29, 0.717) is 16.9 Å². The normalized spacial score (nSPS) is 10.1. The van der Waals surface area contributed by atoms with Gasteiger partial charge in [0.2, 0.25) is 0 Å². The number of nitro benzene ring substituents is 1. The monoisotopic (exact) mass is 415 g/mol. The van der Waals surface area contributed by atoms with Crippen molar-refractivity contribution in [1.29, 1.82) is 0 Å². The molecule has 0 radical (unpaired) electrons. The summed E-state index contributed by atoms with van der Waals surface area (Å²) in [7, 11) is 0. The maximum atomic E-state index is 12.9.